The summed E-state index contributed by atoms with van der Waals surface area (Å²) in [6.45, 7) is 1.68. The fourth-order valence-corrected chi connectivity index (χ4v) is 1.30. The summed E-state index contributed by atoms with van der Waals surface area (Å²) in [5.74, 6) is -1.79. The van der Waals surface area contributed by atoms with Gasteiger partial charge in [-0.15, -0.1) is 0 Å². The van der Waals surface area contributed by atoms with E-state index in [1.807, 2.05) is 0 Å². The highest BCUT2D eigenvalue weighted by atomic mass is 19.4. The van der Waals surface area contributed by atoms with Crippen LogP contribution >= 0.6 is 0 Å². The predicted molar refractivity (Wildman–Crippen MR) is 55.5 cm³/mol. The Morgan fingerprint density at radius 3 is 2.21 bits per heavy atom. The Bertz CT molecular complexity index is 365. The van der Waals surface area contributed by atoms with Crippen LogP contribution in [-0.2, 0) is 14.3 Å². The van der Waals surface area contributed by atoms with Gasteiger partial charge < -0.3 is 19.9 Å². The fourth-order valence-electron chi connectivity index (χ4n) is 1.30. The van der Waals surface area contributed by atoms with Gasteiger partial charge in [-0.25, -0.2) is 9.59 Å². The largest absolute Gasteiger partial charge is 0.480 e. The lowest BCUT2D eigenvalue weighted by Crippen LogP contribution is -2.57. The number of ether oxygens (including phenoxy) is 2. The molecule has 0 aromatic heterocycles. The molecular weight excluding hydrogens is 271 g/mol. The van der Waals surface area contributed by atoms with Gasteiger partial charge in [0, 0.05) is 0 Å². The van der Waals surface area contributed by atoms with Crippen LogP contribution in [0.15, 0.2) is 0 Å². The van der Waals surface area contributed by atoms with Crippen molar-refractivity contribution in [1.29, 1.82) is 0 Å². The average Bonchev–Trinajstić information content (AvgIpc) is 2.17. The van der Waals surface area contributed by atoms with E-state index in [0.29, 0.717) is 13.8 Å². The molecule has 1 heterocycles. The van der Waals surface area contributed by atoms with Crippen molar-refractivity contribution in [2.45, 2.75) is 32.2 Å². The molecular formula is C10H14F3NO5. The van der Waals surface area contributed by atoms with Crippen molar-refractivity contribution in [3.05, 3.63) is 0 Å². The molecule has 0 aromatic carbocycles. The van der Waals surface area contributed by atoms with Crippen LogP contribution in [0.1, 0.15) is 13.8 Å². The summed E-state index contributed by atoms with van der Waals surface area (Å²) in [6.07, 6.45) is -6.55. The molecule has 0 saturated carbocycles. The molecule has 0 aliphatic carbocycles. The quantitative estimate of drug-likeness (QED) is 0.809. The summed E-state index contributed by atoms with van der Waals surface area (Å²) in [7, 11) is 0. The number of hydrogen-bond acceptors (Lipinski definition) is 4. The van der Waals surface area contributed by atoms with E-state index in [9.17, 15) is 22.8 Å². The zero-order valence-corrected chi connectivity index (χ0v) is 10.3. The van der Waals surface area contributed by atoms with Gasteiger partial charge in [0.25, 0.3) is 0 Å². The van der Waals surface area contributed by atoms with E-state index in [1.54, 1.807) is 5.32 Å². The third-order valence-electron chi connectivity index (χ3n) is 2.84. The number of carbonyl (C=O) groups excluding carboxylic acids is 1. The molecule has 9 heteroatoms. The molecule has 1 amide bonds. The van der Waals surface area contributed by atoms with E-state index in [0.717, 1.165) is 0 Å². The number of rotatable bonds is 4. The number of nitrogens with one attached hydrogen (secondary N) is 1. The summed E-state index contributed by atoms with van der Waals surface area (Å²) in [5, 5.41) is 10.6. The number of aliphatic carboxylic acids is 1. The number of alkyl halides is 3. The van der Waals surface area contributed by atoms with Crippen molar-refractivity contribution >= 4 is 12.1 Å². The van der Waals surface area contributed by atoms with Gasteiger partial charge in [0.2, 0.25) is 0 Å². The normalized spacial score (nSPS) is 18.4. The number of alkyl carbamates (subject to hydrolysis) is 1. The smallest absolute Gasteiger partial charge is 0.408 e. The van der Waals surface area contributed by atoms with Crippen LogP contribution in [0.3, 0.4) is 0 Å². The van der Waals surface area contributed by atoms with Gasteiger partial charge in [0.05, 0.1) is 18.6 Å². The second kappa shape index (κ2) is 5.24. The Hall–Kier alpha value is -1.51. The van der Waals surface area contributed by atoms with E-state index in [2.05, 4.69) is 4.74 Å². The number of carboxylic acid groups (broad SMARTS) is 1. The molecule has 0 radical (unpaired) electrons. The highest BCUT2D eigenvalue weighted by Gasteiger charge is 2.56. The number of carbonyl (C=O) groups is 2. The van der Waals surface area contributed by atoms with Gasteiger partial charge in [-0.05, 0) is 13.8 Å². The van der Waals surface area contributed by atoms with Crippen LogP contribution in [0.2, 0.25) is 0 Å². The molecule has 1 aliphatic rings. The maximum atomic E-state index is 12.8. The summed E-state index contributed by atoms with van der Waals surface area (Å²) in [6, 6.07) is -2.14. The molecule has 1 unspecified atom stereocenters. The van der Waals surface area contributed by atoms with Crippen LogP contribution < -0.4 is 5.32 Å². The Morgan fingerprint density at radius 2 is 1.89 bits per heavy atom. The second-order valence-electron chi connectivity index (χ2n) is 4.70. The molecule has 1 aliphatic heterocycles. The van der Waals surface area contributed by atoms with Gasteiger partial charge in [-0.2, -0.15) is 13.2 Å². The predicted octanol–water partition coefficient (Wildman–Crippen LogP) is 1.15. The van der Waals surface area contributed by atoms with Gasteiger partial charge in [0.15, 0.2) is 6.10 Å². The molecule has 0 aromatic rings. The van der Waals surface area contributed by atoms with Crippen LogP contribution in [0, 0.1) is 5.41 Å². The SMILES string of the molecule is CC(C)(C(NC(=O)OC1COC1)C(=O)O)C(F)(F)F. The minimum atomic E-state index is -4.79. The lowest BCUT2D eigenvalue weighted by Gasteiger charge is -2.34. The molecule has 1 atom stereocenters. The van der Waals surface area contributed by atoms with Gasteiger partial charge in [0.1, 0.15) is 6.04 Å². The van der Waals surface area contributed by atoms with E-state index >= 15 is 0 Å². The van der Waals surface area contributed by atoms with Gasteiger partial charge in [-0.1, -0.05) is 0 Å². The molecule has 2 N–H and O–H groups in total. The minimum Gasteiger partial charge on any atom is -0.480 e. The van der Waals surface area contributed by atoms with Crippen LogP contribution in [0.5, 0.6) is 0 Å². The Labute approximate surface area is 106 Å². The first-order valence-corrected chi connectivity index (χ1v) is 5.40. The first-order valence-electron chi connectivity index (χ1n) is 5.40. The van der Waals surface area contributed by atoms with Crippen molar-refractivity contribution in [3.63, 3.8) is 0 Å². The highest BCUT2D eigenvalue weighted by molar-refractivity contribution is 5.81. The summed E-state index contributed by atoms with van der Waals surface area (Å²) >= 11 is 0. The molecule has 1 rings (SSSR count). The van der Waals surface area contributed by atoms with Crippen LogP contribution in [-0.4, -0.2) is 48.7 Å². The molecule has 110 valence electrons. The third kappa shape index (κ3) is 3.49. The summed E-state index contributed by atoms with van der Waals surface area (Å²) in [5.41, 5.74) is -2.63. The summed E-state index contributed by atoms with van der Waals surface area (Å²) in [4.78, 5) is 22.2. The zero-order valence-electron chi connectivity index (χ0n) is 10.3. The molecule has 0 bridgehead atoms. The maximum absolute atomic E-state index is 12.8. The first-order chi connectivity index (χ1) is 8.55. The van der Waals surface area contributed by atoms with Crippen molar-refractivity contribution in [3.8, 4) is 0 Å². The molecule has 1 fully saturated rings. The van der Waals surface area contributed by atoms with E-state index in [4.69, 9.17) is 9.84 Å². The summed E-state index contributed by atoms with van der Waals surface area (Å²) < 4.78 is 47.7. The zero-order chi connectivity index (χ0) is 14.8. The van der Waals surface area contributed by atoms with E-state index in [-0.39, 0.29) is 13.2 Å². The Kier molecular flexibility index (Phi) is 4.28. The Balaban J connectivity index is 2.72. The maximum Gasteiger partial charge on any atom is 0.408 e. The third-order valence-corrected chi connectivity index (χ3v) is 2.84. The van der Waals surface area contributed by atoms with Crippen LogP contribution in [0.25, 0.3) is 0 Å². The van der Waals surface area contributed by atoms with Gasteiger partial charge >= 0.3 is 18.2 Å². The average molecular weight is 285 g/mol. The fraction of sp³-hybridized carbons (Fsp3) is 0.800. The molecule has 0 spiro atoms. The topological polar surface area (TPSA) is 84.9 Å². The van der Waals surface area contributed by atoms with Crippen molar-refractivity contribution in [2.24, 2.45) is 5.41 Å². The molecule has 6 nitrogen and oxygen atoms in total. The molecule has 1 saturated heterocycles. The number of hydrogen-bond donors (Lipinski definition) is 2. The highest BCUT2D eigenvalue weighted by Crippen LogP contribution is 2.40. The lowest BCUT2D eigenvalue weighted by atomic mass is 9.83. The van der Waals surface area contributed by atoms with Crippen molar-refractivity contribution in [2.75, 3.05) is 13.2 Å². The van der Waals surface area contributed by atoms with Gasteiger partial charge in [-0.3, -0.25) is 0 Å². The second-order valence-corrected chi connectivity index (χ2v) is 4.70. The van der Waals surface area contributed by atoms with E-state index < -0.39 is 35.8 Å². The number of carboxylic acids is 1. The van der Waals surface area contributed by atoms with Crippen molar-refractivity contribution < 1.29 is 37.3 Å². The molecule has 19 heavy (non-hydrogen) atoms. The number of amides is 1. The van der Waals surface area contributed by atoms with Crippen molar-refractivity contribution in [1.82, 2.24) is 5.32 Å². The lowest BCUT2D eigenvalue weighted by molar-refractivity contribution is -0.223. The number of halogens is 3. The monoisotopic (exact) mass is 285 g/mol. The first kappa shape index (κ1) is 15.5. The standard InChI is InChI=1S/C10H14F3NO5/c1-9(2,10(11,12)13)6(7(15)16)14-8(17)19-5-3-18-4-5/h5-6H,3-4H2,1-2H3,(H,14,17)(H,15,16). The van der Waals surface area contributed by atoms with E-state index in [1.165, 1.54) is 0 Å². The minimum absolute atomic E-state index is 0.147. The Morgan fingerprint density at radius 1 is 1.37 bits per heavy atom. The van der Waals surface area contributed by atoms with Crippen LogP contribution in [0.4, 0.5) is 18.0 Å².